The normalized spacial score (nSPS) is 21.9. The van der Waals surface area contributed by atoms with Crippen LogP contribution in [-0.2, 0) is 0 Å². The lowest BCUT2D eigenvalue weighted by Gasteiger charge is -2.29. The zero-order chi connectivity index (χ0) is 11.4. The number of carbonyl (C=O) groups is 1. The van der Waals surface area contributed by atoms with Crippen LogP contribution in [0, 0.1) is 5.92 Å². The molecule has 0 bridgehead atoms. The molecule has 0 radical (unpaired) electrons. The van der Waals surface area contributed by atoms with Crippen LogP contribution in [-0.4, -0.2) is 42.6 Å². The summed E-state index contributed by atoms with van der Waals surface area (Å²) in [5.74, 6) is 0.653. The van der Waals surface area contributed by atoms with Crippen molar-refractivity contribution in [2.75, 3.05) is 26.7 Å². The predicted molar refractivity (Wildman–Crippen MR) is 59.1 cm³/mol. The topological polar surface area (TPSA) is 58.4 Å². The van der Waals surface area contributed by atoms with Crippen molar-refractivity contribution in [3.8, 4) is 0 Å². The van der Waals surface area contributed by atoms with E-state index in [1.807, 2.05) is 0 Å². The van der Waals surface area contributed by atoms with Gasteiger partial charge in [0, 0.05) is 19.2 Å². The van der Waals surface area contributed by atoms with Gasteiger partial charge in [0.1, 0.15) is 0 Å². The van der Waals surface area contributed by atoms with Gasteiger partial charge in [-0.3, -0.25) is 4.79 Å². The molecule has 1 saturated heterocycles. The fourth-order valence-corrected chi connectivity index (χ4v) is 2.10. The van der Waals surface area contributed by atoms with Crippen molar-refractivity contribution < 1.29 is 9.32 Å². The molecule has 5 nitrogen and oxygen atoms in total. The molecular formula is C11H17N3O2. The fourth-order valence-electron chi connectivity index (χ4n) is 2.10. The summed E-state index contributed by atoms with van der Waals surface area (Å²) in [4.78, 5) is 13.9. The van der Waals surface area contributed by atoms with Crippen LogP contribution in [0.2, 0.25) is 0 Å². The molecule has 16 heavy (non-hydrogen) atoms. The smallest absolute Gasteiger partial charge is 0.289 e. The molecule has 1 fully saturated rings. The zero-order valence-electron chi connectivity index (χ0n) is 9.48. The molecule has 1 amide bonds. The van der Waals surface area contributed by atoms with Gasteiger partial charge in [-0.2, -0.15) is 0 Å². The molecular weight excluding hydrogens is 206 g/mol. The summed E-state index contributed by atoms with van der Waals surface area (Å²) in [5.41, 5.74) is 0. The number of likely N-dealkylation sites (tertiary alicyclic amines) is 1. The van der Waals surface area contributed by atoms with Gasteiger partial charge in [0.15, 0.2) is 0 Å². The van der Waals surface area contributed by atoms with E-state index in [4.69, 9.17) is 4.52 Å². The first-order valence-corrected chi connectivity index (χ1v) is 5.63. The van der Waals surface area contributed by atoms with Crippen molar-refractivity contribution in [1.29, 1.82) is 0 Å². The Balaban J connectivity index is 1.77. The third-order valence-electron chi connectivity index (χ3n) is 2.93. The van der Waals surface area contributed by atoms with Crippen LogP contribution in [0.15, 0.2) is 16.8 Å². The van der Waals surface area contributed by atoms with Gasteiger partial charge >= 0.3 is 0 Å². The SMILES string of the molecule is CN1CCCC(CNC(=O)c2ccno2)C1. The van der Waals surface area contributed by atoms with Crippen LogP contribution >= 0.6 is 0 Å². The van der Waals surface area contributed by atoms with Crippen molar-refractivity contribution >= 4 is 5.91 Å². The average molecular weight is 223 g/mol. The van der Waals surface area contributed by atoms with E-state index in [1.54, 1.807) is 6.07 Å². The Bertz CT molecular complexity index is 337. The summed E-state index contributed by atoms with van der Waals surface area (Å²) >= 11 is 0. The number of piperidine rings is 1. The molecule has 2 rings (SSSR count). The molecule has 1 aromatic rings. The second kappa shape index (κ2) is 5.12. The lowest BCUT2D eigenvalue weighted by atomic mass is 9.98. The Kier molecular flexibility index (Phi) is 3.56. The first-order valence-electron chi connectivity index (χ1n) is 5.63. The highest BCUT2D eigenvalue weighted by molar-refractivity contribution is 5.91. The number of aromatic nitrogens is 1. The molecule has 0 aliphatic carbocycles. The largest absolute Gasteiger partial charge is 0.351 e. The van der Waals surface area contributed by atoms with Crippen molar-refractivity contribution in [1.82, 2.24) is 15.4 Å². The Labute approximate surface area is 94.8 Å². The molecule has 1 aliphatic heterocycles. The number of amides is 1. The Morgan fingerprint density at radius 3 is 3.31 bits per heavy atom. The van der Waals surface area contributed by atoms with Gasteiger partial charge in [-0.25, -0.2) is 0 Å². The number of hydrogen-bond acceptors (Lipinski definition) is 4. The molecule has 1 atom stereocenters. The second-order valence-electron chi connectivity index (χ2n) is 4.36. The third kappa shape index (κ3) is 2.82. The van der Waals surface area contributed by atoms with Gasteiger partial charge in [0.05, 0.1) is 6.20 Å². The summed E-state index contributed by atoms with van der Waals surface area (Å²) in [6.45, 7) is 2.92. The summed E-state index contributed by atoms with van der Waals surface area (Å²) in [6.07, 6.45) is 3.86. The maximum absolute atomic E-state index is 11.6. The molecule has 1 N–H and O–H groups in total. The quantitative estimate of drug-likeness (QED) is 0.821. The van der Waals surface area contributed by atoms with Crippen LogP contribution in [0.4, 0.5) is 0 Å². The van der Waals surface area contributed by atoms with E-state index in [2.05, 4.69) is 22.4 Å². The molecule has 1 unspecified atom stereocenters. The van der Waals surface area contributed by atoms with E-state index in [0.717, 1.165) is 13.1 Å². The highest BCUT2D eigenvalue weighted by Crippen LogP contribution is 2.13. The fraction of sp³-hybridized carbons (Fsp3) is 0.636. The van der Waals surface area contributed by atoms with Gasteiger partial charge in [-0.1, -0.05) is 5.16 Å². The Hall–Kier alpha value is -1.36. The van der Waals surface area contributed by atoms with Gasteiger partial charge in [-0.15, -0.1) is 0 Å². The van der Waals surface area contributed by atoms with Crippen LogP contribution in [0.3, 0.4) is 0 Å². The molecule has 1 aliphatic rings. The first-order chi connectivity index (χ1) is 7.75. The minimum absolute atomic E-state index is 0.175. The van der Waals surface area contributed by atoms with Crippen molar-refractivity contribution in [2.45, 2.75) is 12.8 Å². The summed E-state index contributed by atoms with van der Waals surface area (Å²) in [7, 11) is 2.12. The number of nitrogens with zero attached hydrogens (tertiary/aromatic N) is 2. The van der Waals surface area contributed by atoms with Crippen molar-refractivity contribution in [2.24, 2.45) is 5.92 Å². The lowest BCUT2D eigenvalue weighted by Crippen LogP contribution is -2.39. The summed E-state index contributed by atoms with van der Waals surface area (Å²) < 4.78 is 4.78. The molecule has 5 heteroatoms. The maximum Gasteiger partial charge on any atom is 0.289 e. The predicted octanol–water partition coefficient (Wildman–Crippen LogP) is 0.746. The van der Waals surface area contributed by atoms with Crippen LogP contribution in [0.5, 0.6) is 0 Å². The minimum Gasteiger partial charge on any atom is -0.351 e. The Morgan fingerprint density at radius 2 is 2.62 bits per heavy atom. The zero-order valence-corrected chi connectivity index (χ0v) is 9.48. The van der Waals surface area contributed by atoms with Gasteiger partial charge in [0.25, 0.3) is 5.91 Å². The molecule has 1 aromatic heterocycles. The van der Waals surface area contributed by atoms with E-state index < -0.39 is 0 Å². The molecule has 2 heterocycles. The number of hydrogen-bond donors (Lipinski definition) is 1. The maximum atomic E-state index is 11.6. The lowest BCUT2D eigenvalue weighted by molar-refractivity contribution is 0.0900. The average Bonchev–Trinajstić information content (AvgIpc) is 2.79. The van der Waals surface area contributed by atoms with E-state index in [0.29, 0.717) is 12.5 Å². The molecule has 0 spiro atoms. The standard InChI is InChI=1S/C11H17N3O2/c1-14-6-2-3-9(8-14)7-12-11(15)10-4-5-13-16-10/h4-5,9H,2-3,6-8H2,1H3,(H,12,15). The monoisotopic (exact) mass is 223 g/mol. The number of rotatable bonds is 3. The van der Waals surface area contributed by atoms with E-state index in [-0.39, 0.29) is 11.7 Å². The van der Waals surface area contributed by atoms with Crippen molar-refractivity contribution in [3.05, 3.63) is 18.0 Å². The van der Waals surface area contributed by atoms with Gasteiger partial charge < -0.3 is 14.7 Å². The number of nitrogens with one attached hydrogen (secondary N) is 1. The van der Waals surface area contributed by atoms with E-state index in [9.17, 15) is 4.79 Å². The molecule has 88 valence electrons. The van der Waals surface area contributed by atoms with E-state index in [1.165, 1.54) is 19.0 Å². The number of carbonyl (C=O) groups excluding carboxylic acids is 1. The first kappa shape index (κ1) is 11.1. The van der Waals surface area contributed by atoms with Gasteiger partial charge in [-0.05, 0) is 32.4 Å². The molecule has 0 saturated carbocycles. The highest BCUT2D eigenvalue weighted by Gasteiger charge is 2.18. The van der Waals surface area contributed by atoms with Crippen LogP contribution in [0.1, 0.15) is 23.4 Å². The second-order valence-corrected chi connectivity index (χ2v) is 4.36. The van der Waals surface area contributed by atoms with Crippen molar-refractivity contribution in [3.63, 3.8) is 0 Å². The minimum atomic E-state index is -0.175. The summed E-state index contributed by atoms with van der Waals surface area (Å²) in [6, 6.07) is 1.57. The van der Waals surface area contributed by atoms with E-state index >= 15 is 0 Å². The van der Waals surface area contributed by atoms with Crippen LogP contribution < -0.4 is 5.32 Å². The van der Waals surface area contributed by atoms with Gasteiger partial charge in [0.2, 0.25) is 5.76 Å². The molecule has 0 aromatic carbocycles. The Morgan fingerprint density at radius 1 is 1.75 bits per heavy atom. The highest BCUT2D eigenvalue weighted by atomic mass is 16.5. The van der Waals surface area contributed by atoms with Crippen LogP contribution in [0.25, 0.3) is 0 Å². The summed E-state index contributed by atoms with van der Waals surface area (Å²) in [5, 5.41) is 6.38. The third-order valence-corrected chi connectivity index (χ3v) is 2.93.